The van der Waals surface area contributed by atoms with Crippen molar-refractivity contribution in [3.05, 3.63) is 45.9 Å². The number of nitrogens with one attached hydrogen (secondary N) is 1. The molecule has 0 saturated heterocycles. The highest BCUT2D eigenvalue weighted by molar-refractivity contribution is 9.10. The molecule has 0 fully saturated rings. The molecule has 0 bridgehead atoms. The average Bonchev–Trinajstić information content (AvgIpc) is 2.62. The van der Waals surface area contributed by atoms with Crippen LogP contribution in [0.5, 0.6) is 0 Å². The van der Waals surface area contributed by atoms with Crippen molar-refractivity contribution in [3.63, 3.8) is 0 Å². The fourth-order valence-electron chi connectivity index (χ4n) is 1.60. The van der Waals surface area contributed by atoms with E-state index in [9.17, 15) is 9.18 Å². The second-order valence-electron chi connectivity index (χ2n) is 3.88. The fraction of sp³-hybridized carbons (Fsp3) is 0.167. The van der Waals surface area contributed by atoms with Crippen molar-refractivity contribution in [1.29, 1.82) is 0 Å². The molecule has 1 amide bonds. The van der Waals surface area contributed by atoms with Crippen LogP contribution in [0.4, 0.5) is 10.1 Å². The highest BCUT2D eigenvalue weighted by atomic mass is 79.9. The van der Waals surface area contributed by atoms with Crippen molar-refractivity contribution in [3.8, 4) is 0 Å². The first-order valence-electron chi connectivity index (χ1n) is 5.24. The number of amides is 1. The van der Waals surface area contributed by atoms with Crippen LogP contribution in [0.25, 0.3) is 0 Å². The van der Waals surface area contributed by atoms with Gasteiger partial charge >= 0.3 is 0 Å². The topological polar surface area (TPSA) is 46.9 Å². The van der Waals surface area contributed by atoms with Crippen LogP contribution < -0.4 is 5.32 Å². The smallest absolute Gasteiger partial charge is 0.259 e. The molecule has 4 nitrogen and oxygen atoms in total. The van der Waals surface area contributed by atoms with Crippen molar-refractivity contribution in [1.82, 2.24) is 9.78 Å². The molecule has 0 radical (unpaired) electrons. The van der Waals surface area contributed by atoms with Gasteiger partial charge in [0.05, 0.1) is 16.9 Å². The summed E-state index contributed by atoms with van der Waals surface area (Å²) in [5.41, 5.74) is 1.66. The van der Waals surface area contributed by atoms with E-state index in [4.69, 9.17) is 0 Å². The SMILES string of the molecule is Cc1nn(C)cc1C(=O)Nc1ccc(F)cc1Br. The van der Waals surface area contributed by atoms with Gasteiger partial charge in [0.2, 0.25) is 0 Å². The first kappa shape index (κ1) is 12.8. The lowest BCUT2D eigenvalue weighted by molar-refractivity contribution is 0.102. The van der Waals surface area contributed by atoms with Crippen LogP contribution in [0.2, 0.25) is 0 Å². The maximum Gasteiger partial charge on any atom is 0.259 e. The standard InChI is InChI=1S/C12H11BrFN3O/c1-7-9(6-17(2)16-7)12(18)15-11-4-3-8(14)5-10(11)13/h3-6H,1-2H3,(H,15,18). The molecule has 0 saturated carbocycles. The zero-order valence-corrected chi connectivity index (χ0v) is 11.5. The second kappa shape index (κ2) is 4.89. The average molecular weight is 312 g/mol. The minimum absolute atomic E-state index is 0.270. The van der Waals surface area contributed by atoms with Crippen molar-refractivity contribution in [2.24, 2.45) is 7.05 Å². The van der Waals surface area contributed by atoms with Crippen molar-refractivity contribution >= 4 is 27.5 Å². The normalized spacial score (nSPS) is 10.4. The van der Waals surface area contributed by atoms with Gasteiger partial charge in [0.1, 0.15) is 5.82 Å². The van der Waals surface area contributed by atoms with Gasteiger partial charge in [-0.05, 0) is 41.1 Å². The number of rotatable bonds is 2. The van der Waals surface area contributed by atoms with Gasteiger partial charge in [-0.3, -0.25) is 9.48 Å². The lowest BCUT2D eigenvalue weighted by Crippen LogP contribution is -2.12. The molecule has 2 aromatic rings. The van der Waals surface area contributed by atoms with Gasteiger partial charge in [0.25, 0.3) is 5.91 Å². The molecule has 0 aliphatic carbocycles. The molecule has 1 aromatic carbocycles. The molecule has 94 valence electrons. The molecule has 0 aliphatic heterocycles. The summed E-state index contributed by atoms with van der Waals surface area (Å²) < 4.78 is 15.0. The lowest BCUT2D eigenvalue weighted by atomic mass is 10.2. The summed E-state index contributed by atoms with van der Waals surface area (Å²) in [5.74, 6) is -0.634. The molecular weight excluding hydrogens is 301 g/mol. The van der Waals surface area contributed by atoms with Crippen LogP contribution >= 0.6 is 15.9 Å². The van der Waals surface area contributed by atoms with Gasteiger partial charge in [-0.15, -0.1) is 0 Å². The van der Waals surface area contributed by atoms with E-state index in [1.54, 1.807) is 24.9 Å². The third kappa shape index (κ3) is 2.59. The van der Waals surface area contributed by atoms with E-state index in [1.165, 1.54) is 18.2 Å². The van der Waals surface area contributed by atoms with E-state index < -0.39 is 0 Å². The van der Waals surface area contributed by atoms with E-state index in [2.05, 4.69) is 26.3 Å². The number of carbonyl (C=O) groups is 1. The van der Waals surface area contributed by atoms with E-state index in [1.807, 2.05) is 0 Å². The Morgan fingerprint density at radius 3 is 2.78 bits per heavy atom. The van der Waals surface area contributed by atoms with Crippen molar-refractivity contribution in [2.45, 2.75) is 6.92 Å². The number of nitrogens with zero attached hydrogens (tertiary/aromatic N) is 2. The summed E-state index contributed by atoms with van der Waals surface area (Å²) in [7, 11) is 1.75. The van der Waals surface area contributed by atoms with Crippen LogP contribution in [0.15, 0.2) is 28.9 Å². The van der Waals surface area contributed by atoms with Crippen LogP contribution in [0.3, 0.4) is 0 Å². The van der Waals surface area contributed by atoms with Gasteiger partial charge in [-0.25, -0.2) is 4.39 Å². The summed E-state index contributed by atoms with van der Waals surface area (Å²) in [6.45, 7) is 1.76. The van der Waals surface area contributed by atoms with Crippen LogP contribution in [0.1, 0.15) is 16.1 Å². The van der Waals surface area contributed by atoms with Gasteiger partial charge in [-0.1, -0.05) is 0 Å². The van der Waals surface area contributed by atoms with E-state index in [0.29, 0.717) is 21.4 Å². The van der Waals surface area contributed by atoms with Crippen LogP contribution in [-0.2, 0) is 7.05 Å². The highest BCUT2D eigenvalue weighted by Crippen LogP contribution is 2.23. The number of hydrogen-bond donors (Lipinski definition) is 1. The minimum atomic E-state index is -0.363. The molecule has 1 aromatic heterocycles. The molecule has 0 aliphatic rings. The maximum absolute atomic E-state index is 12.9. The Balaban J connectivity index is 2.24. The Labute approximate surface area is 112 Å². The van der Waals surface area contributed by atoms with Crippen molar-refractivity contribution in [2.75, 3.05) is 5.32 Å². The predicted octanol–water partition coefficient (Wildman–Crippen LogP) is 2.88. The van der Waals surface area contributed by atoms with Gasteiger partial charge in [0.15, 0.2) is 0 Å². The number of halogens is 2. The number of carbonyl (C=O) groups excluding carboxylic acids is 1. The van der Waals surface area contributed by atoms with Crippen molar-refractivity contribution < 1.29 is 9.18 Å². The van der Waals surface area contributed by atoms with Gasteiger partial charge in [-0.2, -0.15) is 5.10 Å². The monoisotopic (exact) mass is 311 g/mol. The molecule has 0 spiro atoms. The molecule has 1 heterocycles. The van der Waals surface area contributed by atoms with Gasteiger partial charge in [0, 0.05) is 17.7 Å². The maximum atomic E-state index is 12.9. The van der Waals surface area contributed by atoms with E-state index >= 15 is 0 Å². The number of aromatic nitrogens is 2. The van der Waals surface area contributed by atoms with E-state index in [-0.39, 0.29) is 11.7 Å². The summed E-state index contributed by atoms with van der Waals surface area (Å²) in [5, 5.41) is 6.80. The first-order chi connectivity index (χ1) is 8.47. The quantitative estimate of drug-likeness (QED) is 0.927. The summed E-state index contributed by atoms with van der Waals surface area (Å²) >= 11 is 3.20. The third-order valence-electron chi connectivity index (χ3n) is 2.44. The zero-order chi connectivity index (χ0) is 13.3. The predicted molar refractivity (Wildman–Crippen MR) is 70.0 cm³/mol. The second-order valence-corrected chi connectivity index (χ2v) is 4.73. The zero-order valence-electron chi connectivity index (χ0n) is 9.87. The summed E-state index contributed by atoms with van der Waals surface area (Å²) in [4.78, 5) is 12.0. The van der Waals surface area contributed by atoms with Crippen LogP contribution in [0, 0.1) is 12.7 Å². The number of anilines is 1. The molecule has 1 N–H and O–H groups in total. The molecule has 0 unspecified atom stereocenters. The third-order valence-corrected chi connectivity index (χ3v) is 3.09. The molecule has 6 heteroatoms. The Bertz CT molecular complexity index is 609. The Hall–Kier alpha value is -1.69. The number of aryl methyl sites for hydroxylation is 2. The summed E-state index contributed by atoms with van der Waals surface area (Å²) in [6.07, 6.45) is 1.64. The molecule has 2 rings (SSSR count). The highest BCUT2D eigenvalue weighted by Gasteiger charge is 2.13. The van der Waals surface area contributed by atoms with Crippen LogP contribution in [-0.4, -0.2) is 15.7 Å². The van der Waals surface area contributed by atoms with E-state index in [0.717, 1.165) is 0 Å². The first-order valence-corrected chi connectivity index (χ1v) is 6.03. The Morgan fingerprint density at radius 2 is 2.22 bits per heavy atom. The number of benzene rings is 1. The lowest BCUT2D eigenvalue weighted by Gasteiger charge is -2.06. The molecule has 18 heavy (non-hydrogen) atoms. The summed E-state index contributed by atoms with van der Waals surface area (Å²) in [6, 6.07) is 4.09. The number of hydrogen-bond acceptors (Lipinski definition) is 2. The van der Waals surface area contributed by atoms with Gasteiger partial charge < -0.3 is 5.32 Å². The molecule has 0 atom stereocenters. The largest absolute Gasteiger partial charge is 0.321 e. The minimum Gasteiger partial charge on any atom is -0.321 e. The Kier molecular flexibility index (Phi) is 3.47. The Morgan fingerprint density at radius 1 is 1.50 bits per heavy atom. The molecular formula is C12H11BrFN3O. The fourth-order valence-corrected chi connectivity index (χ4v) is 2.05.